The van der Waals surface area contributed by atoms with Gasteiger partial charge >= 0.3 is 0 Å². The smallest absolute Gasteiger partial charge is 0.225 e. The summed E-state index contributed by atoms with van der Waals surface area (Å²) in [6.07, 6.45) is 0.419. The lowest BCUT2D eigenvalue weighted by molar-refractivity contribution is 0.305. The molecule has 18 heavy (non-hydrogen) atoms. The lowest BCUT2D eigenvalue weighted by Gasteiger charge is -2.00. The summed E-state index contributed by atoms with van der Waals surface area (Å²) in [5.41, 5.74) is 0. The zero-order chi connectivity index (χ0) is 13.4. The number of nitrogens with zero attached hydrogens (tertiary/aromatic N) is 1. The van der Waals surface area contributed by atoms with Crippen LogP contribution in [0, 0.1) is 23.2 Å². The zero-order valence-electron chi connectivity index (χ0n) is 9.51. The number of aliphatic hydroxyl groups excluding tert-OH is 1. The van der Waals surface area contributed by atoms with Gasteiger partial charge in [0.05, 0.1) is 17.6 Å². The van der Waals surface area contributed by atoms with Gasteiger partial charge in [0, 0.05) is 17.8 Å². The average Bonchev–Trinajstić information content (AvgIpc) is 2.75. The Bertz CT molecular complexity index is 588. The summed E-state index contributed by atoms with van der Waals surface area (Å²) in [5, 5.41) is 16.9. The number of nitrogens with one attached hydrogen (secondary N) is 1. The number of hydrogen-bond acceptors (Lipinski definition) is 5. The molecule has 0 saturated carbocycles. The molecule has 0 unspecified atom stereocenters. The molecule has 0 fully saturated rings. The number of hydrogen-bond donors (Lipinski definition) is 2. The Balaban J connectivity index is 2.56. The summed E-state index contributed by atoms with van der Waals surface area (Å²) < 4.78 is 24.8. The van der Waals surface area contributed by atoms with E-state index >= 15 is 0 Å². The highest BCUT2D eigenvalue weighted by Gasteiger charge is 2.09. The van der Waals surface area contributed by atoms with Crippen molar-refractivity contribution in [3.63, 3.8) is 0 Å². The van der Waals surface area contributed by atoms with Gasteiger partial charge in [-0.05, 0) is 12.1 Å². The summed E-state index contributed by atoms with van der Waals surface area (Å²) in [5.74, 6) is 5.11. The third-order valence-corrected chi connectivity index (χ3v) is 3.92. The van der Waals surface area contributed by atoms with Crippen LogP contribution in [0.2, 0.25) is 0 Å². The predicted molar refractivity (Wildman–Crippen MR) is 69.1 cm³/mol. The van der Waals surface area contributed by atoms with Gasteiger partial charge in [-0.25, -0.2) is 13.1 Å². The molecule has 0 amide bonds. The van der Waals surface area contributed by atoms with Crippen LogP contribution in [0.5, 0.6) is 0 Å². The molecule has 96 valence electrons. The van der Waals surface area contributed by atoms with E-state index in [4.69, 9.17) is 10.4 Å². The zero-order valence-corrected chi connectivity index (χ0v) is 11.1. The lowest BCUT2D eigenvalue weighted by atomic mass is 10.4. The van der Waals surface area contributed by atoms with Crippen molar-refractivity contribution in [2.24, 2.45) is 0 Å². The maximum Gasteiger partial charge on any atom is 0.225 e. The van der Waals surface area contributed by atoms with Crippen LogP contribution in [-0.4, -0.2) is 25.9 Å². The minimum Gasteiger partial charge on any atom is -0.395 e. The predicted octanol–water partition coefficient (Wildman–Crippen LogP) is 0.425. The highest BCUT2D eigenvalue weighted by Crippen LogP contribution is 2.15. The number of thiophene rings is 1. The van der Waals surface area contributed by atoms with E-state index in [1.807, 2.05) is 0 Å². The molecule has 1 aromatic rings. The molecule has 0 aliphatic heterocycles. The highest BCUT2D eigenvalue weighted by atomic mass is 32.2. The first kappa shape index (κ1) is 14.7. The Labute approximate surface area is 110 Å². The van der Waals surface area contributed by atoms with E-state index in [0.717, 1.165) is 9.75 Å². The molecule has 1 aromatic heterocycles. The minimum atomic E-state index is -3.52. The van der Waals surface area contributed by atoms with E-state index < -0.39 is 15.8 Å². The first-order valence-electron chi connectivity index (χ1n) is 5.10. The molecule has 1 rings (SSSR count). The van der Waals surface area contributed by atoms with Crippen LogP contribution < -0.4 is 4.72 Å². The quantitative estimate of drug-likeness (QED) is 0.767. The molecule has 0 spiro atoms. The summed E-state index contributed by atoms with van der Waals surface area (Å²) in [6, 6.07) is 5.17. The second-order valence-corrected chi connectivity index (χ2v) is 6.25. The SMILES string of the molecule is N#CCS(=O)(=O)NCc1ccc(C#CCCO)s1. The van der Waals surface area contributed by atoms with Crippen LogP contribution in [-0.2, 0) is 16.6 Å². The first-order valence-corrected chi connectivity index (χ1v) is 7.57. The maximum absolute atomic E-state index is 11.2. The van der Waals surface area contributed by atoms with Gasteiger partial charge in [-0.3, -0.25) is 0 Å². The van der Waals surface area contributed by atoms with Gasteiger partial charge in [-0.15, -0.1) is 11.3 Å². The van der Waals surface area contributed by atoms with Gasteiger partial charge in [0.25, 0.3) is 0 Å². The van der Waals surface area contributed by atoms with E-state index in [0.29, 0.717) is 6.42 Å². The normalized spacial score (nSPS) is 10.4. The number of sulfonamides is 1. The molecule has 2 N–H and O–H groups in total. The second kappa shape index (κ2) is 7.14. The van der Waals surface area contributed by atoms with Gasteiger partial charge in [-0.1, -0.05) is 11.8 Å². The largest absolute Gasteiger partial charge is 0.395 e. The van der Waals surface area contributed by atoms with Gasteiger partial charge in [0.2, 0.25) is 10.0 Å². The molecule has 0 aliphatic rings. The number of nitriles is 1. The van der Waals surface area contributed by atoms with E-state index in [9.17, 15) is 8.42 Å². The fourth-order valence-electron chi connectivity index (χ4n) is 1.06. The molecular weight excluding hydrogens is 272 g/mol. The number of aliphatic hydroxyl groups is 1. The maximum atomic E-state index is 11.2. The van der Waals surface area contributed by atoms with E-state index in [-0.39, 0.29) is 13.2 Å². The molecule has 0 bridgehead atoms. The molecule has 7 heteroatoms. The van der Waals surface area contributed by atoms with Gasteiger partial charge in [0.1, 0.15) is 0 Å². The molecular formula is C11H12N2O3S2. The third kappa shape index (κ3) is 5.30. The van der Waals surface area contributed by atoms with Crippen LogP contribution in [0.1, 0.15) is 16.2 Å². The standard InChI is InChI=1S/C11H12N2O3S2/c12-6-8-18(15,16)13-9-11-5-4-10(17-11)3-1-2-7-14/h4-5,13-14H,2,7-9H2. The summed E-state index contributed by atoms with van der Waals surface area (Å²) in [4.78, 5) is 1.64. The fourth-order valence-corrected chi connectivity index (χ4v) is 2.62. The van der Waals surface area contributed by atoms with Crippen LogP contribution in [0.4, 0.5) is 0 Å². The highest BCUT2D eigenvalue weighted by molar-refractivity contribution is 7.89. The van der Waals surface area contributed by atoms with Gasteiger partial charge in [-0.2, -0.15) is 5.26 Å². The average molecular weight is 284 g/mol. The molecule has 0 aromatic carbocycles. The first-order chi connectivity index (χ1) is 8.57. The summed E-state index contributed by atoms with van der Waals surface area (Å²) >= 11 is 1.38. The van der Waals surface area contributed by atoms with Crippen molar-refractivity contribution in [3.05, 3.63) is 21.9 Å². The van der Waals surface area contributed by atoms with Crippen molar-refractivity contribution in [3.8, 4) is 17.9 Å². The topological polar surface area (TPSA) is 90.2 Å². The lowest BCUT2D eigenvalue weighted by Crippen LogP contribution is -2.24. The molecule has 0 atom stereocenters. The summed E-state index contributed by atoms with van der Waals surface area (Å²) in [6.45, 7) is 0.190. The van der Waals surface area contributed by atoms with Crippen LogP contribution in [0.3, 0.4) is 0 Å². The van der Waals surface area contributed by atoms with Crippen molar-refractivity contribution in [2.45, 2.75) is 13.0 Å². The van der Waals surface area contributed by atoms with Crippen molar-refractivity contribution < 1.29 is 13.5 Å². The third-order valence-electron chi connectivity index (χ3n) is 1.83. The molecule has 0 saturated heterocycles. The van der Waals surface area contributed by atoms with Crippen molar-refractivity contribution in [1.29, 1.82) is 5.26 Å². The van der Waals surface area contributed by atoms with Gasteiger partial charge < -0.3 is 5.11 Å². The van der Waals surface area contributed by atoms with Crippen LogP contribution in [0.25, 0.3) is 0 Å². The Morgan fingerprint density at radius 1 is 1.44 bits per heavy atom. The monoisotopic (exact) mass is 284 g/mol. The van der Waals surface area contributed by atoms with E-state index in [1.54, 1.807) is 18.2 Å². The van der Waals surface area contributed by atoms with Crippen molar-refractivity contribution >= 4 is 21.4 Å². The Morgan fingerprint density at radius 2 is 2.22 bits per heavy atom. The van der Waals surface area contributed by atoms with Crippen LogP contribution >= 0.6 is 11.3 Å². The van der Waals surface area contributed by atoms with Gasteiger partial charge in [0.15, 0.2) is 5.75 Å². The molecule has 0 aliphatic carbocycles. The Hall–Kier alpha value is -1.38. The molecule has 5 nitrogen and oxygen atoms in total. The molecule has 1 heterocycles. The second-order valence-electron chi connectivity index (χ2n) is 3.28. The summed E-state index contributed by atoms with van der Waals surface area (Å²) in [7, 11) is -3.52. The minimum absolute atomic E-state index is 0.0270. The number of rotatable bonds is 5. The fraction of sp³-hybridized carbons (Fsp3) is 0.364. The molecule has 0 radical (unpaired) electrons. The Morgan fingerprint density at radius 3 is 2.89 bits per heavy atom. The van der Waals surface area contributed by atoms with Crippen LogP contribution in [0.15, 0.2) is 12.1 Å². The Kier molecular flexibility index (Phi) is 5.83. The van der Waals surface area contributed by atoms with Crippen molar-refractivity contribution in [1.82, 2.24) is 4.72 Å². The van der Waals surface area contributed by atoms with E-state index in [1.165, 1.54) is 11.3 Å². The van der Waals surface area contributed by atoms with E-state index in [2.05, 4.69) is 16.6 Å². The van der Waals surface area contributed by atoms with Crippen molar-refractivity contribution in [2.75, 3.05) is 12.4 Å².